The summed E-state index contributed by atoms with van der Waals surface area (Å²) < 4.78 is 11.3. The van der Waals surface area contributed by atoms with Crippen molar-refractivity contribution in [2.24, 2.45) is 4.99 Å². The normalized spacial score (nSPS) is 16.4. The molecule has 2 aliphatic heterocycles. The third-order valence-corrected chi connectivity index (χ3v) is 6.78. The van der Waals surface area contributed by atoms with Crippen molar-refractivity contribution < 1.29 is 19.1 Å². The van der Waals surface area contributed by atoms with Crippen molar-refractivity contribution in [1.82, 2.24) is 9.88 Å². The lowest BCUT2D eigenvalue weighted by atomic mass is 9.95. The van der Waals surface area contributed by atoms with Crippen LogP contribution in [0.2, 0.25) is 0 Å². The van der Waals surface area contributed by atoms with Crippen molar-refractivity contribution in [3.8, 4) is 5.75 Å². The Hall–Kier alpha value is -4.20. The van der Waals surface area contributed by atoms with Crippen LogP contribution in [-0.4, -0.2) is 67.0 Å². The lowest BCUT2D eigenvalue weighted by Crippen LogP contribution is -2.39. The summed E-state index contributed by atoms with van der Waals surface area (Å²) in [6.07, 6.45) is 4.65. The Morgan fingerprint density at radius 1 is 1.05 bits per heavy atom. The van der Waals surface area contributed by atoms with E-state index in [1.807, 2.05) is 82.2 Å². The first kappa shape index (κ1) is 26.4. The molecule has 3 aromatic rings. The number of fused-ring (bicyclic) bond motifs is 2. The number of para-hydroxylation sites is 2. The van der Waals surface area contributed by atoms with E-state index in [-0.39, 0.29) is 12.0 Å². The molecule has 2 amide bonds. The number of anilines is 1. The monoisotopic (exact) mass is 526 g/mol. The van der Waals surface area contributed by atoms with E-state index in [0.717, 1.165) is 44.8 Å². The average Bonchev–Trinajstić information content (AvgIpc) is 2.91. The Bertz CT molecular complexity index is 1500. The van der Waals surface area contributed by atoms with Gasteiger partial charge < -0.3 is 19.3 Å². The van der Waals surface area contributed by atoms with Gasteiger partial charge in [0.05, 0.1) is 29.1 Å². The molecule has 0 unspecified atom stereocenters. The van der Waals surface area contributed by atoms with Crippen LogP contribution >= 0.6 is 0 Å². The van der Waals surface area contributed by atoms with E-state index in [4.69, 9.17) is 14.5 Å². The lowest BCUT2D eigenvalue weighted by molar-refractivity contribution is 0.0270. The first-order valence-electron chi connectivity index (χ1n) is 13.2. The van der Waals surface area contributed by atoms with E-state index in [9.17, 15) is 9.59 Å². The van der Waals surface area contributed by atoms with Crippen molar-refractivity contribution in [2.75, 3.05) is 38.7 Å². The molecule has 39 heavy (non-hydrogen) atoms. The number of amides is 2. The average molecular weight is 527 g/mol. The minimum atomic E-state index is -0.530. The van der Waals surface area contributed by atoms with Gasteiger partial charge in [0, 0.05) is 56.3 Å². The Morgan fingerprint density at radius 3 is 2.54 bits per heavy atom. The predicted molar refractivity (Wildman–Crippen MR) is 154 cm³/mol. The summed E-state index contributed by atoms with van der Waals surface area (Å²) in [7, 11) is 3.85. The van der Waals surface area contributed by atoms with Crippen molar-refractivity contribution >= 4 is 39.9 Å². The van der Waals surface area contributed by atoms with Crippen LogP contribution in [0.15, 0.2) is 59.7 Å². The van der Waals surface area contributed by atoms with Gasteiger partial charge in [0.25, 0.3) is 5.91 Å². The minimum Gasteiger partial charge on any atom is -0.492 e. The van der Waals surface area contributed by atoms with Gasteiger partial charge in [-0.25, -0.2) is 9.79 Å². The molecule has 0 radical (unpaired) electrons. The maximum Gasteiger partial charge on any atom is 0.410 e. The largest absolute Gasteiger partial charge is 0.492 e. The van der Waals surface area contributed by atoms with Crippen LogP contribution in [-0.2, 0) is 4.74 Å². The number of ether oxygens (including phenoxy) is 2. The van der Waals surface area contributed by atoms with E-state index in [2.05, 4.69) is 11.1 Å². The molecule has 0 spiro atoms. The fourth-order valence-electron chi connectivity index (χ4n) is 5.03. The van der Waals surface area contributed by atoms with Crippen LogP contribution in [0.25, 0.3) is 16.5 Å². The number of hydrogen-bond donors (Lipinski definition) is 0. The van der Waals surface area contributed by atoms with E-state index in [1.165, 1.54) is 0 Å². The van der Waals surface area contributed by atoms with Gasteiger partial charge in [0.2, 0.25) is 0 Å². The van der Waals surface area contributed by atoms with E-state index >= 15 is 0 Å². The standard InChI is InChI=1S/C31H34N4O4/c1-31(2,3)39-30(37)35-16-13-20(14-17-35)21-10-8-11-23-27(21)32-19-24(28(23)34(4)5)29(36)33-25-15-18-38-26-12-7-6-9-22(25)26/h6-13,19H,14-18H2,1-5H3. The molecule has 202 valence electrons. The summed E-state index contributed by atoms with van der Waals surface area (Å²) in [5, 5.41) is 0.881. The number of rotatable bonds is 3. The van der Waals surface area contributed by atoms with Crippen LogP contribution < -0.4 is 9.64 Å². The third-order valence-electron chi connectivity index (χ3n) is 6.78. The second-order valence-corrected chi connectivity index (χ2v) is 11.0. The number of carbonyl (C=O) groups is 2. The first-order valence-corrected chi connectivity index (χ1v) is 13.2. The SMILES string of the molecule is CN(C)c1c(C(=O)N=C2CCOc3ccccc32)cnc2c(C3=CCN(C(=O)OC(C)(C)C)CC3)cccc12. The van der Waals surface area contributed by atoms with Crippen molar-refractivity contribution in [3.63, 3.8) is 0 Å². The highest BCUT2D eigenvalue weighted by Gasteiger charge is 2.26. The molecule has 0 fully saturated rings. The van der Waals surface area contributed by atoms with Gasteiger partial charge in [0.15, 0.2) is 0 Å². The zero-order valence-electron chi connectivity index (χ0n) is 23.2. The molecule has 0 bridgehead atoms. The molecule has 0 N–H and O–H groups in total. The second kappa shape index (κ2) is 10.5. The Labute approximate surface area is 228 Å². The molecule has 8 heteroatoms. The second-order valence-electron chi connectivity index (χ2n) is 11.0. The first-order chi connectivity index (χ1) is 18.6. The quantitative estimate of drug-likeness (QED) is 0.433. The summed E-state index contributed by atoms with van der Waals surface area (Å²) in [6.45, 7) is 7.13. The van der Waals surface area contributed by atoms with Gasteiger partial charge in [-0.15, -0.1) is 0 Å². The highest BCUT2D eigenvalue weighted by Crippen LogP contribution is 2.35. The van der Waals surface area contributed by atoms with Gasteiger partial charge in [-0.05, 0) is 44.9 Å². The molecule has 2 aliphatic rings. The molecule has 0 saturated heterocycles. The fraction of sp³-hybridized carbons (Fsp3) is 0.355. The molecular weight excluding hydrogens is 492 g/mol. The van der Waals surface area contributed by atoms with Crippen molar-refractivity contribution in [1.29, 1.82) is 0 Å². The molecule has 2 aromatic carbocycles. The zero-order valence-corrected chi connectivity index (χ0v) is 23.2. The molecule has 8 nitrogen and oxygen atoms in total. The Morgan fingerprint density at radius 2 is 1.82 bits per heavy atom. The number of carbonyl (C=O) groups excluding carboxylic acids is 2. The number of hydrogen-bond acceptors (Lipinski definition) is 6. The van der Waals surface area contributed by atoms with Crippen LogP contribution in [0.5, 0.6) is 5.75 Å². The Balaban J connectivity index is 1.48. The highest BCUT2D eigenvalue weighted by molar-refractivity contribution is 6.16. The number of nitrogens with zero attached hydrogens (tertiary/aromatic N) is 4. The van der Waals surface area contributed by atoms with Crippen LogP contribution in [0, 0.1) is 0 Å². The third kappa shape index (κ3) is 5.50. The van der Waals surface area contributed by atoms with Crippen LogP contribution in [0.3, 0.4) is 0 Å². The maximum atomic E-state index is 13.5. The van der Waals surface area contributed by atoms with E-state index in [0.29, 0.717) is 38.1 Å². The molecule has 1 aromatic heterocycles. The van der Waals surface area contributed by atoms with Crippen molar-refractivity contribution in [3.05, 3.63) is 71.4 Å². The molecule has 0 atom stereocenters. The van der Waals surface area contributed by atoms with Crippen LogP contribution in [0.1, 0.15) is 55.1 Å². The van der Waals surface area contributed by atoms with Crippen LogP contribution in [0.4, 0.5) is 10.5 Å². The van der Waals surface area contributed by atoms with Gasteiger partial charge in [0.1, 0.15) is 11.4 Å². The number of pyridine rings is 1. The maximum absolute atomic E-state index is 13.5. The predicted octanol–water partition coefficient (Wildman–Crippen LogP) is 5.74. The molecule has 0 saturated carbocycles. The van der Waals surface area contributed by atoms with Gasteiger partial charge >= 0.3 is 6.09 Å². The highest BCUT2D eigenvalue weighted by atomic mass is 16.6. The van der Waals surface area contributed by atoms with E-state index in [1.54, 1.807) is 11.1 Å². The minimum absolute atomic E-state index is 0.305. The molecule has 3 heterocycles. The fourth-order valence-corrected chi connectivity index (χ4v) is 5.03. The smallest absolute Gasteiger partial charge is 0.410 e. The molecule has 5 rings (SSSR count). The number of benzene rings is 2. The molecule has 0 aliphatic carbocycles. The topological polar surface area (TPSA) is 84.3 Å². The van der Waals surface area contributed by atoms with Gasteiger partial charge in [-0.1, -0.05) is 36.4 Å². The van der Waals surface area contributed by atoms with Crippen molar-refractivity contribution in [2.45, 2.75) is 39.2 Å². The lowest BCUT2D eigenvalue weighted by Gasteiger charge is -2.30. The summed E-state index contributed by atoms with van der Waals surface area (Å²) in [5.74, 6) is 0.422. The van der Waals surface area contributed by atoms with Gasteiger partial charge in [-0.3, -0.25) is 9.78 Å². The number of aromatic nitrogens is 1. The van der Waals surface area contributed by atoms with E-state index < -0.39 is 5.60 Å². The summed E-state index contributed by atoms with van der Waals surface area (Å²) >= 11 is 0. The Kier molecular flexibility index (Phi) is 7.12. The number of aliphatic imine (C=N–C) groups is 1. The zero-order chi connectivity index (χ0) is 27.7. The summed E-state index contributed by atoms with van der Waals surface area (Å²) in [4.78, 5) is 39.0. The van der Waals surface area contributed by atoms with Gasteiger partial charge in [-0.2, -0.15) is 0 Å². The summed E-state index contributed by atoms with van der Waals surface area (Å²) in [5.41, 5.74) is 5.22. The summed E-state index contributed by atoms with van der Waals surface area (Å²) in [6, 6.07) is 13.7. The molecular formula is C31H34N4O4.